The predicted octanol–water partition coefficient (Wildman–Crippen LogP) is 3.27. The molecule has 2 heterocycles. The number of hydrogen-bond donors (Lipinski definition) is 0. The lowest BCUT2D eigenvalue weighted by atomic mass is 10.2. The quantitative estimate of drug-likeness (QED) is 0.849. The summed E-state index contributed by atoms with van der Waals surface area (Å²) in [6, 6.07) is 8.53. The molecule has 0 bridgehead atoms. The standard InChI is InChI=1S/C16H16ClN3O2S/c17-14-6-2-1-5-13(14)8-12-23(21,22)20-11-3-7-15(20)16-18-9-4-10-19-16/h1-2,4-6,8-10,12,15H,3,7,11H2/b12-8+. The van der Waals surface area contributed by atoms with Crippen molar-refractivity contribution in [3.05, 3.63) is 64.5 Å². The molecule has 1 aromatic heterocycles. The van der Waals surface area contributed by atoms with Crippen molar-refractivity contribution < 1.29 is 8.42 Å². The molecule has 1 fully saturated rings. The number of nitrogens with zero attached hydrogens (tertiary/aromatic N) is 3. The number of halogens is 1. The lowest BCUT2D eigenvalue weighted by molar-refractivity contribution is 0.388. The SMILES string of the molecule is O=S(=O)(/C=C/c1ccccc1Cl)N1CCCC1c1ncccn1. The fourth-order valence-electron chi connectivity index (χ4n) is 2.63. The van der Waals surface area contributed by atoms with Gasteiger partial charge < -0.3 is 0 Å². The molecule has 1 unspecified atom stereocenters. The van der Waals surface area contributed by atoms with Crippen LogP contribution in [0.3, 0.4) is 0 Å². The number of aromatic nitrogens is 2. The molecule has 0 spiro atoms. The predicted molar refractivity (Wildman–Crippen MR) is 90.1 cm³/mol. The lowest BCUT2D eigenvalue weighted by Gasteiger charge is -2.21. The Balaban J connectivity index is 1.86. The van der Waals surface area contributed by atoms with Gasteiger partial charge in [0, 0.05) is 29.4 Å². The van der Waals surface area contributed by atoms with Crippen LogP contribution in [0.2, 0.25) is 5.02 Å². The summed E-state index contributed by atoms with van der Waals surface area (Å²) < 4.78 is 26.7. The van der Waals surface area contributed by atoms with Crippen LogP contribution in [0.5, 0.6) is 0 Å². The Hall–Kier alpha value is -1.76. The molecule has 120 valence electrons. The van der Waals surface area contributed by atoms with E-state index in [-0.39, 0.29) is 6.04 Å². The highest BCUT2D eigenvalue weighted by molar-refractivity contribution is 7.92. The van der Waals surface area contributed by atoms with Gasteiger partial charge in [-0.3, -0.25) is 0 Å². The van der Waals surface area contributed by atoms with E-state index in [9.17, 15) is 8.42 Å². The van der Waals surface area contributed by atoms with Crippen molar-refractivity contribution in [2.75, 3.05) is 6.54 Å². The molecule has 23 heavy (non-hydrogen) atoms. The van der Waals surface area contributed by atoms with Gasteiger partial charge in [0.2, 0.25) is 10.0 Å². The first-order valence-corrected chi connectivity index (χ1v) is 9.17. The van der Waals surface area contributed by atoms with Gasteiger partial charge in [0.25, 0.3) is 0 Å². The molecule has 5 nitrogen and oxygen atoms in total. The summed E-state index contributed by atoms with van der Waals surface area (Å²) in [5.74, 6) is 0.541. The van der Waals surface area contributed by atoms with Crippen molar-refractivity contribution in [1.82, 2.24) is 14.3 Å². The molecule has 1 aliphatic heterocycles. The summed E-state index contributed by atoms with van der Waals surface area (Å²) in [7, 11) is -3.56. The van der Waals surface area contributed by atoms with Crippen LogP contribution >= 0.6 is 11.6 Å². The summed E-state index contributed by atoms with van der Waals surface area (Å²) in [5, 5.41) is 1.72. The molecule has 0 radical (unpaired) electrons. The summed E-state index contributed by atoms with van der Waals surface area (Å²) in [6.45, 7) is 0.470. The largest absolute Gasteiger partial charge is 0.240 e. The van der Waals surface area contributed by atoms with E-state index in [0.29, 0.717) is 23.0 Å². The monoisotopic (exact) mass is 349 g/mol. The van der Waals surface area contributed by atoms with Gasteiger partial charge in [-0.2, -0.15) is 4.31 Å². The molecular formula is C16H16ClN3O2S. The van der Waals surface area contributed by atoms with Crippen LogP contribution < -0.4 is 0 Å². The van der Waals surface area contributed by atoms with Crippen LogP contribution in [0.15, 0.2) is 48.1 Å². The lowest BCUT2D eigenvalue weighted by Crippen LogP contribution is -2.29. The smallest absolute Gasteiger partial charge is 0.236 e. The van der Waals surface area contributed by atoms with Gasteiger partial charge in [0.05, 0.1) is 6.04 Å². The van der Waals surface area contributed by atoms with Gasteiger partial charge in [-0.05, 0) is 36.6 Å². The molecule has 0 amide bonds. The molecule has 1 aliphatic rings. The molecule has 1 atom stereocenters. The Morgan fingerprint density at radius 2 is 1.91 bits per heavy atom. The minimum atomic E-state index is -3.56. The van der Waals surface area contributed by atoms with E-state index in [1.165, 1.54) is 15.8 Å². The molecule has 0 aliphatic carbocycles. The molecule has 0 N–H and O–H groups in total. The van der Waals surface area contributed by atoms with Gasteiger partial charge >= 0.3 is 0 Å². The fourth-order valence-corrected chi connectivity index (χ4v) is 4.24. The minimum absolute atomic E-state index is 0.308. The zero-order chi connectivity index (χ0) is 16.3. The Morgan fingerprint density at radius 1 is 1.17 bits per heavy atom. The highest BCUT2D eigenvalue weighted by Gasteiger charge is 2.35. The highest BCUT2D eigenvalue weighted by Crippen LogP contribution is 2.33. The van der Waals surface area contributed by atoms with E-state index in [1.807, 2.05) is 6.07 Å². The first kappa shape index (κ1) is 16.1. The first-order chi connectivity index (χ1) is 11.1. The van der Waals surface area contributed by atoms with Crippen LogP contribution in [0.4, 0.5) is 0 Å². The van der Waals surface area contributed by atoms with E-state index in [1.54, 1.807) is 36.7 Å². The van der Waals surface area contributed by atoms with Crippen molar-refractivity contribution in [3.8, 4) is 0 Å². The van der Waals surface area contributed by atoms with Crippen molar-refractivity contribution in [2.24, 2.45) is 0 Å². The summed E-state index contributed by atoms with van der Waals surface area (Å²) in [4.78, 5) is 8.39. The van der Waals surface area contributed by atoms with Crippen LogP contribution in [-0.4, -0.2) is 29.2 Å². The summed E-state index contributed by atoms with van der Waals surface area (Å²) >= 11 is 6.06. The molecule has 0 saturated carbocycles. The third kappa shape index (κ3) is 3.60. The maximum Gasteiger partial charge on any atom is 0.236 e. The van der Waals surface area contributed by atoms with Gasteiger partial charge in [-0.15, -0.1) is 0 Å². The third-order valence-corrected chi connectivity index (χ3v) is 5.65. The van der Waals surface area contributed by atoms with Crippen molar-refractivity contribution in [1.29, 1.82) is 0 Å². The Labute approximate surface area is 140 Å². The highest BCUT2D eigenvalue weighted by atomic mass is 35.5. The van der Waals surface area contributed by atoms with Crippen LogP contribution in [-0.2, 0) is 10.0 Å². The second-order valence-electron chi connectivity index (χ2n) is 5.24. The number of hydrogen-bond acceptors (Lipinski definition) is 4. The maximum absolute atomic E-state index is 12.6. The second-order valence-corrected chi connectivity index (χ2v) is 7.42. The van der Waals surface area contributed by atoms with Crippen LogP contribution in [0.25, 0.3) is 6.08 Å². The van der Waals surface area contributed by atoms with Crippen molar-refractivity contribution in [2.45, 2.75) is 18.9 Å². The fraction of sp³-hybridized carbons (Fsp3) is 0.250. The Morgan fingerprint density at radius 3 is 2.65 bits per heavy atom. The molecule has 1 aromatic carbocycles. The first-order valence-electron chi connectivity index (χ1n) is 7.29. The molecule has 3 rings (SSSR count). The van der Waals surface area contributed by atoms with Gasteiger partial charge in [-0.1, -0.05) is 29.8 Å². The number of sulfonamides is 1. The molecule has 2 aromatic rings. The van der Waals surface area contributed by atoms with Crippen molar-refractivity contribution in [3.63, 3.8) is 0 Å². The Bertz CT molecular complexity index is 809. The maximum atomic E-state index is 12.6. The average molecular weight is 350 g/mol. The van der Waals surface area contributed by atoms with Gasteiger partial charge in [0.15, 0.2) is 0 Å². The topological polar surface area (TPSA) is 63.2 Å². The van der Waals surface area contributed by atoms with E-state index >= 15 is 0 Å². The molecule has 7 heteroatoms. The van der Waals surface area contributed by atoms with E-state index in [0.717, 1.165) is 12.8 Å². The van der Waals surface area contributed by atoms with Crippen LogP contribution in [0.1, 0.15) is 30.3 Å². The Kier molecular flexibility index (Phi) is 4.75. The van der Waals surface area contributed by atoms with E-state index in [4.69, 9.17) is 11.6 Å². The van der Waals surface area contributed by atoms with Crippen molar-refractivity contribution >= 4 is 27.7 Å². The second kappa shape index (κ2) is 6.78. The van der Waals surface area contributed by atoms with E-state index in [2.05, 4.69) is 9.97 Å². The zero-order valence-corrected chi connectivity index (χ0v) is 13.9. The summed E-state index contributed by atoms with van der Waals surface area (Å²) in [6.07, 6.45) is 6.31. The summed E-state index contributed by atoms with van der Waals surface area (Å²) in [5.41, 5.74) is 0.671. The van der Waals surface area contributed by atoms with Gasteiger partial charge in [-0.25, -0.2) is 18.4 Å². The molecular weight excluding hydrogens is 334 g/mol. The zero-order valence-electron chi connectivity index (χ0n) is 12.3. The third-order valence-electron chi connectivity index (χ3n) is 3.74. The average Bonchev–Trinajstić information content (AvgIpc) is 3.06. The minimum Gasteiger partial charge on any atom is -0.240 e. The number of benzene rings is 1. The number of rotatable bonds is 4. The molecule has 1 saturated heterocycles. The van der Waals surface area contributed by atoms with Gasteiger partial charge in [0.1, 0.15) is 5.82 Å². The van der Waals surface area contributed by atoms with E-state index < -0.39 is 10.0 Å². The van der Waals surface area contributed by atoms with Crippen LogP contribution in [0, 0.1) is 0 Å². The normalized spacial score (nSPS) is 19.4.